The van der Waals surface area contributed by atoms with Gasteiger partial charge < -0.3 is 14.4 Å². The molecule has 1 aromatic heterocycles. The first kappa shape index (κ1) is 24.7. The first-order valence-electron chi connectivity index (χ1n) is 12.4. The van der Waals surface area contributed by atoms with Gasteiger partial charge in [-0.3, -0.25) is 14.5 Å². The second-order valence-corrected chi connectivity index (χ2v) is 10.7. The number of hydrogen-bond donors (Lipinski definition) is 0. The van der Waals surface area contributed by atoms with Gasteiger partial charge in [0.25, 0.3) is 0 Å². The van der Waals surface area contributed by atoms with E-state index < -0.39 is 0 Å². The van der Waals surface area contributed by atoms with Crippen LogP contribution in [0.3, 0.4) is 0 Å². The topological polar surface area (TPSA) is 61.7 Å². The van der Waals surface area contributed by atoms with E-state index in [9.17, 15) is 9.59 Å². The molecule has 2 amide bonds. The van der Waals surface area contributed by atoms with Gasteiger partial charge in [0, 0.05) is 52.0 Å². The number of piperidine rings is 1. The van der Waals surface area contributed by atoms with Gasteiger partial charge in [-0.1, -0.05) is 27.7 Å². The normalized spacial score (nSPS) is 22.2. The van der Waals surface area contributed by atoms with Gasteiger partial charge in [-0.25, -0.2) is 4.98 Å². The van der Waals surface area contributed by atoms with Gasteiger partial charge in [0.05, 0.1) is 6.04 Å². The van der Waals surface area contributed by atoms with Gasteiger partial charge >= 0.3 is 0 Å². The van der Waals surface area contributed by atoms with E-state index in [1.165, 1.54) is 0 Å². The molecule has 3 heterocycles. The summed E-state index contributed by atoms with van der Waals surface area (Å²) in [6.07, 6.45) is 8.38. The van der Waals surface area contributed by atoms with Crippen LogP contribution in [0.4, 0.5) is 0 Å². The molecule has 2 fully saturated rings. The summed E-state index contributed by atoms with van der Waals surface area (Å²) in [4.78, 5) is 37.7. The average Bonchev–Trinajstić information content (AvgIpc) is 3.14. The lowest BCUT2D eigenvalue weighted by Crippen LogP contribution is -2.62. The third-order valence-corrected chi connectivity index (χ3v) is 7.16. The van der Waals surface area contributed by atoms with Crippen molar-refractivity contribution in [1.82, 2.24) is 24.3 Å². The van der Waals surface area contributed by atoms with Crippen LogP contribution in [-0.4, -0.2) is 81.4 Å². The maximum Gasteiger partial charge on any atom is 0.245 e. The monoisotopic (exact) mass is 445 g/mol. The van der Waals surface area contributed by atoms with E-state index >= 15 is 0 Å². The van der Waals surface area contributed by atoms with Gasteiger partial charge in [-0.15, -0.1) is 0 Å². The number of carbonyl (C=O) groups is 2. The van der Waals surface area contributed by atoms with Crippen molar-refractivity contribution < 1.29 is 9.59 Å². The molecule has 0 aromatic carbocycles. The molecule has 2 aliphatic rings. The van der Waals surface area contributed by atoms with Crippen LogP contribution in [0.5, 0.6) is 0 Å². The predicted octanol–water partition coefficient (Wildman–Crippen LogP) is 2.80. The predicted molar refractivity (Wildman–Crippen MR) is 127 cm³/mol. The summed E-state index contributed by atoms with van der Waals surface area (Å²) in [5.74, 6) is 2.77. The summed E-state index contributed by atoms with van der Waals surface area (Å²) in [7, 11) is 4.07. The van der Waals surface area contributed by atoms with Crippen molar-refractivity contribution >= 4 is 11.8 Å². The van der Waals surface area contributed by atoms with Crippen LogP contribution in [0, 0.1) is 17.8 Å². The number of imidazole rings is 1. The van der Waals surface area contributed by atoms with Gasteiger partial charge in [-0.05, 0) is 50.5 Å². The van der Waals surface area contributed by atoms with Crippen molar-refractivity contribution in [3.8, 4) is 0 Å². The van der Waals surface area contributed by atoms with Gasteiger partial charge in [-0.2, -0.15) is 0 Å². The lowest BCUT2D eigenvalue weighted by Gasteiger charge is -2.44. The lowest BCUT2D eigenvalue weighted by molar-refractivity contribution is -0.154. The van der Waals surface area contributed by atoms with E-state index in [0.29, 0.717) is 24.3 Å². The highest BCUT2D eigenvalue weighted by Crippen LogP contribution is 2.26. The molecule has 2 aliphatic heterocycles. The fraction of sp³-hybridized carbons (Fsp3) is 0.800. The van der Waals surface area contributed by atoms with Gasteiger partial charge in [0.15, 0.2) is 0 Å². The van der Waals surface area contributed by atoms with E-state index in [0.717, 1.165) is 57.6 Å². The van der Waals surface area contributed by atoms with Crippen molar-refractivity contribution in [2.24, 2.45) is 24.8 Å². The molecule has 2 atom stereocenters. The number of likely N-dealkylation sites (tertiary alicyclic amines) is 1. The second-order valence-electron chi connectivity index (χ2n) is 10.7. The number of aryl methyl sites for hydroxylation is 1. The number of hydrogen-bond acceptors (Lipinski definition) is 4. The number of piperazine rings is 1. The molecule has 180 valence electrons. The minimum absolute atomic E-state index is 0.116. The molecule has 0 radical (unpaired) electrons. The molecule has 3 rings (SSSR count). The van der Waals surface area contributed by atoms with E-state index in [2.05, 4.69) is 42.1 Å². The average molecular weight is 446 g/mol. The first-order valence-corrected chi connectivity index (χ1v) is 12.4. The van der Waals surface area contributed by atoms with Crippen molar-refractivity contribution in [3.63, 3.8) is 0 Å². The third-order valence-electron chi connectivity index (χ3n) is 7.16. The summed E-state index contributed by atoms with van der Waals surface area (Å²) >= 11 is 0. The van der Waals surface area contributed by atoms with Crippen LogP contribution in [-0.2, 0) is 23.1 Å². The Kier molecular flexibility index (Phi) is 8.37. The zero-order chi connectivity index (χ0) is 23.4. The molecule has 0 bridgehead atoms. The fourth-order valence-electron chi connectivity index (χ4n) is 5.18. The molecule has 0 saturated carbocycles. The number of carbonyl (C=O) groups excluding carboxylic acids is 2. The Labute approximate surface area is 194 Å². The summed E-state index contributed by atoms with van der Waals surface area (Å²) in [6.45, 7) is 11.6. The molecule has 7 nitrogen and oxygen atoms in total. The van der Waals surface area contributed by atoms with Crippen molar-refractivity contribution in [2.45, 2.75) is 71.9 Å². The Balaban J connectivity index is 1.66. The minimum atomic E-state index is -0.336. The Hall–Kier alpha value is -1.89. The molecule has 1 aromatic rings. The first-order chi connectivity index (χ1) is 15.2. The minimum Gasteiger partial charge on any atom is -0.341 e. The Morgan fingerprint density at radius 1 is 1.06 bits per heavy atom. The number of nitrogens with zero attached hydrogens (tertiary/aromatic N) is 5. The zero-order valence-corrected chi connectivity index (χ0v) is 21.0. The molecular weight excluding hydrogens is 402 g/mol. The van der Waals surface area contributed by atoms with E-state index in [-0.39, 0.29) is 23.9 Å². The van der Waals surface area contributed by atoms with E-state index in [4.69, 9.17) is 0 Å². The SMILES string of the molecule is CC(C)C[C@H]1C(=O)N([C@@H](CC(C)C)C(=O)N2CCC(Cc3nccn3C)CC2)CCN1C. The molecule has 2 saturated heterocycles. The van der Waals surface area contributed by atoms with Crippen LogP contribution in [0.15, 0.2) is 12.4 Å². The van der Waals surface area contributed by atoms with Crippen LogP contribution in [0.2, 0.25) is 0 Å². The number of aromatic nitrogens is 2. The van der Waals surface area contributed by atoms with Gasteiger partial charge in [0.1, 0.15) is 11.9 Å². The maximum atomic E-state index is 13.7. The highest BCUT2D eigenvalue weighted by Gasteiger charge is 2.41. The number of rotatable bonds is 8. The zero-order valence-electron chi connectivity index (χ0n) is 21.0. The van der Waals surface area contributed by atoms with Crippen molar-refractivity contribution in [3.05, 3.63) is 18.2 Å². The summed E-state index contributed by atoms with van der Waals surface area (Å²) in [6, 6.07) is -0.452. The maximum absolute atomic E-state index is 13.7. The Morgan fingerprint density at radius 3 is 2.31 bits per heavy atom. The molecule has 0 unspecified atom stereocenters. The van der Waals surface area contributed by atoms with Crippen LogP contribution in [0.25, 0.3) is 0 Å². The number of amides is 2. The lowest BCUT2D eigenvalue weighted by atomic mass is 9.91. The molecule has 0 spiro atoms. The number of likely N-dealkylation sites (N-methyl/N-ethyl adjacent to an activating group) is 1. The summed E-state index contributed by atoms with van der Waals surface area (Å²) in [5.41, 5.74) is 0. The molecule has 0 N–H and O–H groups in total. The molecule has 32 heavy (non-hydrogen) atoms. The van der Waals surface area contributed by atoms with Crippen molar-refractivity contribution in [1.29, 1.82) is 0 Å². The smallest absolute Gasteiger partial charge is 0.245 e. The van der Waals surface area contributed by atoms with Crippen LogP contribution >= 0.6 is 0 Å². The van der Waals surface area contributed by atoms with Crippen LogP contribution in [0.1, 0.15) is 59.2 Å². The standard InChI is InChI=1S/C25H43N5O2/c1-18(2)15-21-25(32)30(14-13-27(21)5)22(16-19(3)4)24(31)29-10-7-20(8-11-29)17-23-26-9-12-28(23)6/h9,12,18-22H,7-8,10-11,13-17H2,1-6H3/t21-,22-/m0/s1. The van der Waals surface area contributed by atoms with Gasteiger partial charge in [0.2, 0.25) is 11.8 Å². The largest absolute Gasteiger partial charge is 0.341 e. The fourth-order valence-corrected chi connectivity index (χ4v) is 5.18. The second kappa shape index (κ2) is 10.8. The summed E-state index contributed by atoms with van der Waals surface area (Å²) in [5, 5.41) is 0. The Bertz CT molecular complexity index is 766. The van der Waals surface area contributed by atoms with E-state index in [1.807, 2.05) is 36.3 Å². The quantitative estimate of drug-likeness (QED) is 0.617. The third kappa shape index (κ3) is 5.91. The highest BCUT2D eigenvalue weighted by molar-refractivity contribution is 5.90. The summed E-state index contributed by atoms with van der Waals surface area (Å²) < 4.78 is 2.09. The molecule has 0 aliphatic carbocycles. The van der Waals surface area contributed by atoms with E-state index in [1.54, 1.807) is 0 Å². The Morgan fingerprint density at radius 2 is 1.75 bits per heavy atom. The molecule has 7 heteroatoms. The molecular formula is C25H43N5O2. The highest BCUT2D eigenvalue weighted by atomic mass is 16.2. The van der Waals surface area contributed by atoms with Crippen LogP contribution < -0.4 is 0 Å². The van der Waals surface area contributed by atoms with Crippen molar-refractivity contribution in [2.75, 3.05) is 33.2 Å².